The number of ether oxygens (including phenoxy) is 1. The summed E-state index contributed by atoms with van der Waals surface area (Å²) in [5.74, 6) is 0. The lowest BCUT2D eigenvalue weighted by Gasteiger charge is -2.33. The molecule has 2 heterocycles. The minimum absolute atomic E-state index is 0.500. The van der Waals surface area contributed by atoms with Gasteiger partial charge in [-0.15, -0.1) is 0 Å². The van der Waals surface area contributed by atoms with Gasteiger partial charge in [0.15, 0.2) is 0 Å². The molecule has 2 heteroatoms. The van der Waals surface area contributed by atoms with Crippen molar-refractivity contribution < 1.29 is 4.74 Å². The van der Waals surface area contributed by atoms with Crippen LogP contribution in [-0.2, 0) is 11.8 Å². The van der Waals surface area contributed by atoms with Gasteiger partial charge in [0.1, 0.15) is 0 Å². The highest BCUT2D eigenvalue weighted by Crippen LogP contribution is 2.24. The highest BCUT2D eigenvalue weighted by molar-refractivity contribution is 5.02. The number of nitrogens with zero attached hydrogens (tertiary/aromatic N) is 1. The Morgan fingerprint density at radius 3 is 2.00 bits per heavy atom. The van der Waals surface area contributed by atoms with Crippen LogP contribution < -0.4 is 0 Å². The minimum Gasteiger partial charge on any atom is -0.380 e. The third-order valence-corrected chi connectivity index (χ3v) is 2.19. The zero-order valence-corrected chi connectivity index (χ0v) is 9.00. The highest BCUT2D eigenvalue weighted by atomic mass is 16.5. The summed E-state index contributed by atoms with van der Waals surface area (Å²) in [6.07, 6.45) is 2.04. The fourth-order valence-electron chi connectivity index (χ4n) is 1.06. The third-order valence-electron chi connectivity index (χ3n) is 2.19. The van der Waals surface area contributed by atoms with Gasteiger partial charge < -0.3 is 9.30 Å². The van der Waals surface area contributed by atoms with E-state index in [1.165, 1.54) is 5.69 Å². The van der Waals surface area contributed by atoms with E-state index in [-0.39, 0.29) is 0 Å². The average Bonchev–Trinajstić information content (AvgIpc) is 2.35. The van der Waals surface area contributed by atoms with E-state index in [9.17, 15) is 0 Å². The van der Waals surface area contributed by atoms with Gasteiger partial charge in [0.05, 0.1) is 13.2 Å². The second kappa shape index (κ2) is 3.97. The summed E-state index contributed by atoms with van der Waals surface area (Å²) in [7, 11) is 2.04. The van der Waals surface area contributed by atoms with E-state index in [0.717, 1.165) is 13.2 Å². The molecular weight excluding hydrogens is 162 g/mol. The number of aromatic nitrogens is 1. The summed E-state index contributed by atoms with van der Waals surface area (Å²) in [6.45, 7) is 8.40. The summed E-state index contributed by atoms with van der Waals surface area (Å²) in [5.41, 5.74) is 1.81. The first-order valence-electron chi connectivity index (χ1n) is 4.67. The number of rotatable bonds is 0. The summed E-state index contributed by atoms with van der Waals surface area (Å²) in [6, 6.07) is 4.12. The van der Waals surface area contributed by atoms with Gasteiger partial charge in [-0.2, -0.15) is 0 Å². The van der Waals surface area contributed by atoms with Crippen LogP contribution in [0.1, 0.15) is 19.5 Å². The largest absolute Gasteiger partial charge is 0.380 e. The van der Waals surface area contributed by atoms with Crippen LogP contribution in [0.5, 0.6) is 0 Å². The van der Waals surface area contributed by atoms with Crippen LogP contribution in [0.15, 0.2) is 18.3 Å². The topological polar surface area (TPSA) is 14.2 Å². The van der Waals surface area contributed by atoms with Crippen LogP contribution in [0.2, 0.25) is 0 Å². The van der Waals surface area contributed by atoms with Gasteiger partial charge in [0, 0.05) is 24.4 Å². The Morgan fingerprint density at radius 1 is 1.38 bits per heavy atom. The molecule has 1 fully saturated rings. The van der Waals surface area contributed by atoms with Crippen molar-refractivity contribution in [1.29, 1.82) is 0 Å². The van der Waals surface area contributed by atoms with Gasteiger partial charge in [-0.05, 0) is 19.1 Å². The first-order chi connectivity index (χ1) is 6.01. The highest BCUT2D eigenvalue weighted by Gasteiger charge is 2.26. The van der Waals surface area contributed by atoms with E-state index in [1.54, 1.807) is 0 Å². The Kier molecular flexibility index (Phi) is 3.15. The quantitative estimate of drug-likeness (QED) is 0.599. The number of hydrogen-bond donors (Lipinski definition) is 0. The summed E-state index contributed by atoms with van der Waals surface area (Å²) in [4.78, 5) is 0. The predicted octanol–water partition coefficient (Wildman–Crippen LogP) is 2.38. The predicted molar refractivity (Wildman–Crippen MR) is 54.8 cm³/mol. The number of hydrogen-bond acceptors (Lipinski definition) is 1. The molecule has 1 saturated heterocycles. The Balaban J connectivity index is 0.000000132. The first-order valence-corrected chi connectivity index (χ1v) is 4.67. The van der Waals surface area contributed by atoms with Crippen molar-refractivity contribution in [1.82, 2.24) is 4.57 Å². The zero-order chi connectivity index (χ0) is 9.90. The molecule has 0 atom stereocenters. The van der Waals surface area contributed by atoms with E-state index in [4.69, 9.17) is 4.74 Å². The standard InChI is InChI=1S/C6H9N.C5H10O/c1-6-4-3-5-7(6)2;1-5(2)3-6-4-5/h3-5H,1-2H3;3-4H2,1-2H3. The molecule has 0 amide bonds. The van der Waals surface area contributed by atoms with Gasteiger partial charge in [-0.1, -0.05) is 13.8 Å². The molecule has 0 radical (unpaired) electrons. The molecule has 0 bridgehead atoms. The lowest BCUT2D eigenvalue weighted by atomic mass is 9.92. The molecule has 1 aromatic rings. The van der Waals surface area contributed by atoms with Gasteiger partial charge in [0.25, 0.3) is 0 Å². The lowest BCUT2D eigenvalue weighted by Crippen LogP contribution is -2.36. The maximum atomic E-state index is 4.94. The first kappa shape index (κ1) is 10.3. The molecule has 74 valence electrons. The van der Waals surface area contributed by atoms with Crippen molar-refractivity contribution in [3.63, 3.8) is 0 Å². The zero-order valence-electron chi connectivity index (χ0n) is 9.00. The molecule has 0 spiro atoms. The molecule has 2 nitrogen and oxygen atoms in total. The Labute approximate surface area is 80.5 Å². The van der Waals surface area contributed by atoms with Gasteiger partial charge in [0.2, 0.25) is 0 Å². The average molecular weight is 181 g/mol. The SMILES string of the molecule is CC1(C)COC1.Cc1cccn1C. The van der Waals surface area contributed by atoms with Crippen LogP contribution in [0.25, 0.3) is 0 Å². The molecule has 0 N–H and O–H groups in total. The van der Waals surface area contributed by atoms with E-state index in [1.807, 2.05) is 19.3 Å². The molecule has 0 saturated carbocycles. The fourth-order valence-corrected chi connectivity index (χ4v) is 1.06. The molecule has 1 aliphatic heterocycles. The maximum Gasteiger partial charge on any atom is 0.0539 e. The van der Waals surface area contributed by atoms with Crippen molar-refractivity contribution in [2.24, 2.45) is 12.5 Å². The van der Waals surface area contributed by atoms with Crippen molar-refractivity contribution in [2.45, 2.75) is 20.8 Å². The van der Waals surface area contributed by atoms with E-state index in [2.05, 4.69) is 31.4 Å². The molecule has 0 aliphatic carbocycles. The van der Waals surface area contributed by atoms with Crippen LogP contribution in [0, 0.1) is 12.3 Å². The monoisotopic (exact) mass is 181 g/mol. The maximum absolute atomic E-state index is 4.94. The number of aryl methyl sites for hydroxylation is 2. The molecular formula is C11H19NO. The Hall–Kier alpha value is -0.760. The molecule has 0 aromatic carbocycles. The molecule has 1 aliphatic rings. The van der Waals surface area contributed by atoms with Crippen molar-refractivity contribution in [3.8, 4) is 0 Å². The van der Waals surface area contributed by atoms with Crippen molar-refractivity contribution in [2.75, 3.05) is 13.2 Å². The second-order valence-corrected chi connectivity index (χ2v) is 4.42. The van der Waals surface area contributed by atoms with Crippen LogP contribution >= 0.6 is 0 Å². The molecule has 2 rings (SSSR count). The fraction of sp³-hybridized carbons (Fsp3) is 0.636. The van der Waals surface area contributed by atoms with Crippen LogP contribution in [-0.4, -0.2) is 17.8 Å². The lowest BCUT2D eigenvalue weighted by molar-refractivity contribution is -0.0892. The molecule has 1 aromatic heterocycles. The van der Waals surface area contributed by atoms with Gasteiger partial charge in [-0.3, -0.25) is 0 Å². The van der Waals surface area contributed by atoms with Crippen LogP contribution in [0.3, 0.4) is 0 Å². The summed E-state index contributed by atoms with van der Waals surface area (Å²) >= 11 is 0. The summed E-state index contributed by atoms with van der Waals surface area (Å²) < 4.78 is 7.02. The van der Waals surface area contributed by atoms with Crippen LogP contribution in [0.4, 0.5) is 0 Å². The van der Waals surface area contributed by atoms with Gasteiger partial charge in [-0.25, -0.2) is 0 Å². The van der Waals surface area contributed by atoms with E-state index >= 15 is 0 Å². The van der Waals surface area contributed by atoms with Gasteiger partial charge >= 0.3 is 0 Å². The normalized spacial score (nSPS) is 18.5. The smallest absolute Gasteiger partial charge is 0.0539 e. The van der Waals surface area contributed by atoms with E-state index in [0.29, 0.717) is 5.41 Å². The molecule has 0 unspecified atom stereocenters. The Morgan fingerprint density at radius 2 is 1.92 bits per heavy atom. The third kappa shape index (κ3) is 3.23. The minimum atomic E-state index is 0.500. The Bertz CT molecular complexity index is 240. The summed E-state index contributed by atoms with van der Waals surface area (Å²) in [5, 5.41) is 0. The molecule has 13 heavy (non-hydrogen) atoms. The second-order valence-electron chi connectivity index (χ2n) is 4.42. The van der Waals surface area contributed by atoms with Crippen molar-refractivity contribution >= 4 is 0 Å². The van der Waals surface area contributed by atoms with E-state index < -0.39 is 0 Å². The van der Waals surface area contributed by atoms with Crippen molar-refractivity contribution in [3.05, 3.63) is 24.0 Å².